The van der Waals surface area contributed by atoms with Crippen LogP contribution in [0.2, 0.25) is 0 Å². The number of rotatable bonds is 2. The van der Waals surface area contributed by atoms with Crippen LogP contribution in [0.3, 0.4) is 0 Å². The number of amides is 2. The maximum Gasteiger partial charge on any atom is 0.312 e. The maximum atomic E-state index is 12.9. The third-order valence-electron chi connectivity index (χ3n) is 3.87. The first kappa shape index (κ1) is 13.9. The maximum absolute atomic E-state index is 12.9. The normalized spacial score (nSPS) is 18.5. The van der Waals surface area contributed by atoms with Gasteiger partial charge in [0.2, 0.25) is 0 Å². The number of benzene rings is 1. The number of carbonyl (C=O) groups excluding carboxylic acids is 2. The number of halogens is 1. The molecule has 5 nitrogen and oxygen atoms in total. The molecule has 0 atom stereocenters. The van der Waals surface area contributed by atoms with Crippen molar-refractivity contribution >= 4 is 17.5 Å². The molecule has 1 aromatic rings. The molecule has 2 amide bonds. The van der Waals surface area contributed by atoms with Gasteiger partial charge in [-0.05, 0) is 37.1 Å². The van der Waals surface area contributed by atoms with E-state index in [9.17, 15) is 14.0 Å². The molecule has 21 heavy (non-hydrogen) atoms. The summed E-state index contributed by atoms with van der Waals surface area (Å²) in [5.41, 5.74) is 0.936. The van der Waals surface area contributed by atoms with Gasteiger partial charge in [0, 0.05) is 37.9 Å². The van der Waals surface area contributed by atoms with Gasteiger partial charge in [-0.15, -0.1) is 0 Å². The van der Waals surface area contributed by atoms with Gasteiger partial charge in [0.1, 0.15) is 5.82 Å². The number of carbonyl (C=O) groups is 2. The monoisotopic (exact) mass is 291 g/mol. The van der Waals surface area contributed by atoms with E-state index in [2.05, 4.69) is 10.2 Å². The van der Waals surface area contributed by atoms with Crippen LogP contribution in [0.15, 0.2) is 24.3 Å². The van der Waals surface area contributed by atoms with Crippen molar-refractivity contribution in [1.82, 2.24) is 10.2 Å². The first-order valence-corrected chi connectivity index (χ1v) is 7.24. The number of nitrogens with one attached hydrogen (secondary N) is 1. The Morgan fingerprint density at radius 3 is 2.24 bits per heavy atom. The lowest BCUT2D eigenvalue weighted by Crippen LogP contribution is -2.53. The predicted molar refractivity (Wildman–Crippen MR) is 76.4 cm³/mol. The molecule has 1 aromatic carbocycles. The largest absolute Gasteiger partial charge is 0.368 e. The topological polar surface area (TPSA) is 52.7 Å². The van der Waals surface area contributed by atoms with Crippen molar-refractivity contribution in [3.8, 4) is 0 Å². The van der Waals surface area contributed by atoms with Crippen molar-refractivity contribution in [2.24, 2.45) is 0 Å². The van der Waals surface area contributed by atoms with E-state index in [1.807, 2.05) is 0 Å². The Labute approximate surface area is 122 Å². The lowest BCUT2D eigenvalue weighted by Gasteiger charge is -2.35. The molecule has 2 aliphatic rings. The van der Waals surface area contributed by atoms with E-state index in [1.54, 1.807) is 17.0 Å². The molecule has 6 heteroatoms. The van der Waals surface area contributed by atoms with E-state index < -0.39 is 11.8 Å². The highest BCUT2D eigenvalue weighted by Gasteiger charge is 2.30. The molecule has 1 heterocycles. The van der Waals surface area contributed by atoms with Crippen LogP contribution in [0.5, 0.6) is 0 Å². The van der Waals surface area contributed by atoms with Crippen molar-refractivity contribution in [1.29, 1.82) is 0 Å². The van der Waals surface area contributed by atoms with Crippen LogP contribution in [0, 0.1) is 5.82 Å². The lowest BCUT2D eigenvalue weighted by atomic mass is 10.2. The predicted octanol–water partition coefficient (Wildman–Crippen LogP) is 0.753. The Balaban J connectivity index is 1.53. The van der Waals surface area contributed by atoms with Gasteiger partial charge < -0.3 is 15.1 Å². The SMILES string of the molecule is O=C(NC1CC1)C(=O)N1CCN(c2ccc(F)cc2)CC1. The average molecular weight is 291 g/mol. The summed E-state index contributed by atoms with van der Waals surface area (Å²) in [6.45, 7) is 2.31. The average Bonchev–Trinajstić information content (AvgIpc) is 3.31. The Bertz CT molecular complexity index is 534. The van der Waals surface area contributed by atoms with Crippen LogP contribution >= 0.6 is 0 Å². The van der Waals surface area contributed by atoms with Crippen molar-refractivity contribution in [2.75, 3.05) is 31.1 Å². The minimum atomic E-state index is -0.493. The van der Waals surface area contributed by atoms with Crippen LogP contribution in [0.25, 0.3) is 0 Å². The van der Waals surface area contributed by atoms with Gasteiger partial charge >= 0.3 is 11.8 Å². The quantitative estimate of drug-likeness (QED) is 0.818. The van der Waals surface area contributed by atoms with Crippen molar-refractivity contribution < 1.29 is 14.0 Å². The molecular weight excluding hydrogens is 273 g/mol. The second-order valence-electron chi connectivity index (χ2n) is 5.50. The van der Waals surface area contributed by atoms with E-state index in [-0.39, 0.29) is 11.9 Å². The highest BCUT2D eigenvalue weighted by molar-refractivity contribution is 6.35. The highest BCUT2D eigenvalue weighted by atomic mass is 19.1. The fourth-order valence-electron chi connectivity index (χ4n) is 2.44. The first-order valence-electron chi connectivity index (χ1n) is 7.24. The number of nitrogens with zero attached hydrogens (tertiary/aromatic N) is 2. The molecule has 0 radical (unpaired) electrons. The van der Waals surface area contributed by atoms with Gasteiger partial charge in [-0.3, -0.25) is 9.59 Å². The second-order valence-corrected chi connectivity index (χ2v) is 5.50. The van der Waals surface area contributed by atoms with Crippen LogP contribution in [-0.2, 0) is 9.59 Å². The molecule has 1 saturated carbocycles. The fourth-order valence-corrected chi connectivity index (χ4v) is 2.44. The number of piperazine rings is 1. The first-order chi connectivity index (χ1) is 10.1. The molecule has 0 aromatic heterocycles. The summed E-state index contributed by atoms with van der Waals surface area (Å²) in [4.78, 5) is 27.4. The lowest BCUT2D eigenvalue weighted by molar-refractivity contribution is -0.146. The standard InChI is InChI=1S/C15H18FN3O2/c16-11-1-5-13(6-2-11)18-7-9-19(10-8-18)15(21)14(20)17-12-3-4-12/h1-2,5-6,12H,3-4,7-10H2,(H,17,20). The van der Waals surface area contributed by atoms with Gasteiger partial charge in [0.05, 0.1) is 0 Å². The van der Waals surface area contributed by atoms with Gasteiger partial charge in [0.25, 0.3) is 0 Å². The summed E-state index contributed by atoms with van der Waals surface area (Å²) in [6, 6.07) is 6.51. The Morgan fingerprint density at radius 1 is 1.05 bits per heavy atom. The second kappa shape index (κ2) is 5.71. The van der Waals surface area contributed by atoms with Gasteiger partial charge in [0.15, 0.2) is 0 Å². The molecule has 0 bridgehead atoms. The molecule has 1 N–H and O–H groups in total. The summed E-state index contributed by atoms with van der Waals surface area (Å²) in [6.07, 6.45) is 1.94. The van der Waals surface area contributed by atoms with E-state index in [1.165, 1.54) is 12.1 Å². The minimum Gasteiger partial charge on any atom is -0.368 e. The zero-order chi connectivity index (χ0) is 14.8. The summed E-state index contributed by atoms with van der Waals surface area (Å²) < 4.78 is 12.9. The van der Waals surface area contributed by atoms with Crippen LogP contribution < -0.4 is 10.2 Å². The van der Waals surface area contributed by atoms with Gasteiger partial charge in [-0.25, -0.2) is 4.39 Å². The summed E-state index contributed by atoms with van der Waals surface area (Å²) in [5, 5.41) is 2.71. The number of hydrogen-bond acceptors (Lipinski definition) is 3. The molecular formula is C15H18FN3O2. The van der Waals surface area contributed by atoms with Crippen LogP contribution in [0.1, 0.15) is 12.8 Å². The molecule has 0 unspecified atom stereocenters. The van der Waals surface area contributed by atoms with Crippen LogP contribution in [-0.4, -0.2) is 48.9 Å². The van der Waals surface area contributed by atoms with Crippen molar-refractivity contribution in [2.45, 2.75) is 18.9 Å². The summed E-state index contributed by atoms with van der Waals surface area (Å²) in [5.74, 6) is -1.20. The smallest absolute Gasteiger partial charge is 0.312 e. The van der Waals surface area contributed by atoms with E-state index >= 15 is 0 Å². The highest BCUT2D eigenvalue weighted by Crippen LogP contribution is 2.19. The molecule has 112 valence electrons. The zero-order valence-corrected chi connectivity index (χ0v) is 11.7. The van der Waals surface area contributed by atoms with Gasteiger partial charge in [-0.2, -0.15) is 0 Å². The summed E-state index contributed by atoms with van der Waals surface area (Å²) >= 11 is 0. The fraction of sp³-hybridized carbons (Fsp3) is 0.467. The third kappa shape index (κ3) is 3.32. The Morgan fingerprint density at radius 2 is 1.67 bits per heavy atom. The number of anilines is 1. The van der Waals surface area contributed by atoms with Crippen molar-refractivity contribution in [3.63, 3.8) is 0 Å². The molecule has 3 rings (SSSR count). The van der Waals surface area contributed by atoms with E-state index in [0.717, 1.165) is 18.5 Å². The Hall–Kier alpha value is -2.11. The van der Waals surface area contributed by atoms with Crippen molar-refractivity contribution in [3.05, 3.63) is 30.1 Å². The van der Waals surface area contributed by atoms with E-state index in [4.69, 9.17) is 0 Å². The van der Waals surface area contributed by atoms with E-state index in [0.29, 0.717) is 26.2 Å². The van der Waals surface area contributed by atoms with Gasteiger partial charge in [-0.1, -0.05) is 0 Å². The molecule has 1 aliphatic carbocycles. The summed E-state index contributed by atoms with van der Waals surface area (Å²) in [7, 11) is 0. The Kier molecular flexibility index (Phi) is 3.77. The molecule has 0 spiro atoms. The minimum absolute atomic E-state index is 0.196. The molecule has 2 fully saturated rings. The third-order valence-corrected chi connectivity index (χ3v) is 3.87. The zero-order valence-electron chi connectivity index (χ0n) is 11.7. The molecule has 1 saturated heterocycles. The molecule has 1 aliphatic heterocycles. The number of hydrogen-bond donors (Lipinski definition) is 1. The van der Waals surface area contributed by atoms with Crippen LogP contribution in [0.4, 0.5) is 10.1 Å².